The van der Waals surface area contributed by atoms with E-state index in [2.05, 4.69) is 18.7 Å². The fraction of sp³-hybridized carbons (Fsp3) is 0.632. The van der Waals surface area contributed by atoms with Crippen molar-refractivity contribution in [2.45, 2.75) is 66.0 Å². The zero-order valence-corrected chi connectivity index (χ0v) is 16.2. The van der Waals surface area contributed by atoms with Crippen molar-refractivity contribution in [3.8, 4) is 0 Å². The molecule has 2 heterocycles. The Balaban J connectivity index is 2.13. The van der Waals surface area contributed by atoms with Gasteiger partial charge in [-0.1, -0.05) is 13.8 Å². The molecule has 0 bridgehead atoms. The van der Waals surface area contributed by atoms with E-state index in [0.717, 1.165) is 48.4 Å². The number of fused-ring (bicyclic) bond motifs is 3. The molecule has 2 aromatic rings. The van der Waals surface area contributed by atoms with Crippen LogP contribution in [0.5, 0.6) is 0 Å². The minimum atomic E-state index is 0.0489. The Bertz CT molecular complexity index is 833. The molecule has 0 fully saturated rings. The van der Waals surface area contributed by atoms with E-state index in [1.807, 2.05) is 0 Å². The van der Waals surface area contributed by atoms with Gasteiger partial charge in [-0.15, -0.1) is 11.3 Å². The lowest BCUT2D eigenvalue weighted by Crippen LogP contribution is -2.31. The Kier molecular flexibility index (Phi) is 5.69. The Morgan fingerprint density at radius 3 is 2.64 bits per heavy atom. The second-order valence-corrected chi connectivity index (χ2v) is 7.87. The number of carbonyl (C=O) groups is 1. The highest BCUT2D eigenvalue weighted by atomic mass is 32.1. The molecule has 3 rings (SSSR count). The van der Waals surface area contributed by atoms with Crippen molar-refractivity contribution in [1.29, 1.82) is 0 Å². The molecule has 1 aliphatic rings. The van der Waals surface area contributed by atoms with E-state index in [-0.39, 0.29) is 11.3 Å². The summed E-state index contributed by atoms with van der Waals surface area (Å²) in [5.74, 6) is 0.897. The molecule has 2 aromatic heterocycles. The van der Waals surface area contributed by atoms with Crippen LogP contribution in [0.4, 0.5) is 0 Å². The Hall–Kier alpha value is -1.53. The van der Waals surface area contributed by atoms with Gasteiger partial charge in [0.05, 0.1) is 11.9 Å². The normalized spacial score (nSPS) is 14.2. The number of hydrogen-bond donors (Lipinski definition) is 0. The first kappa shape index (κ1) is 18.3. The molecule has 0 aromatic carbocycles. The molecular formula is C19H27N3O2S. The van der Waals surface area contributed by atoms with Gasteiger partial charge in [0.15, 0.2) is 0 Å². The van der Waals surface area contributed by atoms with Gasteiger partial charge < -0.3 is 0 Å². The van der Waals surface area contributed by atoms with Gasteiger partial charge in [-0.2, -0.15) is 0 Å². The fourth-order valence-corrected chi connectivity index (χ4v) is 4.82. The Morgan fingerprint density at radius 2 is 1.96 bits per heavy atom. The van der Waals surface area contributed by atoms with Crippen LogP contribution < -0.4 is 5.56 Å². The number of aromatic nitrogens is 2. The van der Waals surface area contributed by atoms with Crippen molar-refractivity contribution in [1.82, 2.24) is 14.5 Å². The summed E-state index contributed by atoms with van der Waals surface area (Å²) in [6, 6.07) is 0. The van der Waals surface area contributed by atoms with Crippen LogP contribution >= 0.6 is 11.3 Å². The third kappa shape index (κ3) is 3.70. The van der Waals surface area contributed by atoms with Crippen molar-refractivity contribution >= 4 is 27.3 Å². The van der Waals surface area contributed by atoms with Gasteiger partial charge in [0.1, 0.15) is 16.4 Å². The van der Waals surface area contributed by atoms with Crippen molar-refractivity contribution in [3.05, 3.63) is 26.6 Å². The average Bonchev–Trinajstić information content (AvgIpc) is 2.97. The van der Waals surface area contributed by atoms with E-state index in [1.165, 1.54) is 16.9 Å². The van der Waals surface area contributed by atoms with Gasteiger partial charge in [-0.3, -0.25) is 19.1 Å². The molecule has 0 atom stereocenters. The van der Waals surface area contributed by atoms with Crippen molar-refractivity contribution in [3.63, 3.8) is 0 Å². The molecule has 1 aliphatic carbocycles. The summed E-state index contributed by atoms with van der Waals surface area (Å²) in [7, 11) is 0. The van der Waals surface area contributed by atoms with Gasteiger partial charge in [-0.05, 0) is 51.3 Å². The van der Waals surface area contributed by atoms with E-state index in [0.29, 0.717) is 19.5 Å². The van der Waals surface area contributed by atoms with Crippen LogP contribution in [0.25, 0.3) is 10.2 Å². The predicted molar refractivity (Wildman–Crippen MR) is 102 cm³/mol. The zero-order chi connectivity index (χ0) is 18.0. The second kappa shape index (κ2) is 7.79. The molecule has 25 heavy (non-hydrogen) atoms. The van der Waals surface area contributed by atoms with Crippen LogP contribution in [0.3, 0.4) is 0 Å². The molecule has 0 unspecified atom stereocenters. The number of rotatable bonds is 7. The van der Waals surface area contributed by atoms with E-state index in [4.69, 9.17) is 4.98 Å². The third-order valence-corrected chi connectivity index (χ3v) is 6.29. The van der Waals surface area contributed by atoms with Crippen LogP contribution in [0.2, 0.25) is 0 Å². The largest absolute Gasteiger partial charge is 0.300 e. The summed E-state index contributed by atoms with van der Waals surface area (Å²) in [6.45, 7) is 8.72. The number of carbonyl (C=O) groups excluding carboxylic acids is 1. The lowest BCUT2D eigenvalue weighted by atomic mass is 9.97. The van der Waals surface area contributed by atoms with E-state index in [9.17, 15) is 9.59 Å². The first-order valence-corrected chi connectivity index (χ1v) is 10.1. The minimum Gasteiger partial charge on any atom is -0.300 e. The minimum absolute atomic E-state index is 0.0489. The van der Waals surface area contributed by atoms with Crippen LogP contribution in [0.1, 0.15) is 56.3 Å². The monoisotopic (exact) mass is 361 g/mol. The number of hydrogen-bond acceptors (Lipinski definition) is 5. The SMILES string of the molecule is CCN(CC)Cc1nc2sc3c(c2c(=O)n1CCC(C)=O)CCCC3. The van der Waals surface area contributed by atoms with Crippen LogP contribution in [-0.4, -0.2) is 33.3 Å². The number of Topliss-reactive ketones (excluding diaryl/α,β-unsaturated/α-hetero) is 1. The van der Waals surface area contributed by atoms with Gasteiger partial charge in [0, 0.05) is 17.8 Å². The molecule has 0 radical (unpaired) electrons. The fourth-order valence-electron chi connectivity index (χ4n) is 3.55. The lowest BCUT2D eigenvalue weighted by molar-refractivity contribution is -0.117. The highest BCUT2D eigenvalue weighted by Gasteiger charge is 2.22. The molecular weight excluding hydrogens is 334 g/mol. The van der Waals surface area contributed by atoms with Gasteiger partial charge in [-0.25, -0.2) is 4.98 Å². The molecule has 0 N–H and O–H groups in total. The van der Waals surface area contributed by atoms with E-state index >= 15 is 0 Å². The molecule has 0 amide bonds. The van der Waals surface area contributed by atoms with Crippen molar-refractivity contribution in [2.75, 3.05) is 13.1 Å². The molecule has 0 spiro atoms. The highest BCUT2D eigenvalue weighted by Crippen LogP contribution is 2.33. The second-order valence-electron chi connectivity index (χ2n) is 6.79. The zero-order valence-electron chi connectivity index (χ0n) is 15.4. The first-order valence-electron chi connectivity index (χ1n) is 9.30. The summed E-state index contributed by atoms with van der Waals surface area (Å²) in [5, 5.41) is 0.812. The summed E-state index contributed by atoms with van der Waals surface area (Å²) >= 11 is 1.69. The summed E-state index contributed by atoms with van der Waals surface area (Å²) in [4.78, 5) is 34.1. The predicted octanol–water partition coefficient (Wildman–Crippen LogP) is 3.16. The number of ketones is 1. The van der Waals surface area contributed by atoms with Gasteiger partial charge >= 0.3 is 0 Å². The van der Waals surface area contributed by atoms with E-state index in [1.54, 1.807) is 22.8 Å². The number of nitrogens with zero attached hydrogens (tertiary/aromatic N) is 3. The molecule has 5 nitrogen and oxygen atoms in total. The van der Waals surface area contributed by atoms with Gasteiger partial charge in [0.25, 0.3) is 5.56 Å². The van der Waals surface area contributed by atoms with Crippen molar-refractivity contribution < 1.29 is 4.79 Å². The van der Waals surface area contributed by atoms with Crippen LogP contribution in [0.15, 0.2) is 4.79 Å². The molecule has 6 heteroatoms. The topological polar surface area (TPSA) is 55.2 Å². The average molecular weight is 362 g/mol. The Morgan fingerprint density at radius 1 is 1.24 bits per heavy atom. The summed E-state index contributed by atoms with van der Waals surface area (Å²) < 4.78 is 1.75. The highest BCUT2D eigenvalue weighted by molar-refractivity contribution is 7.18. The van der Waals surface area contributed by atoms with Crippen LogP contribution in [-0.2, 0) is 30.7 Å². The smallest absolute Gasteiger partial charge is 0.262 e. The summed E-state index contributed by atoms with van der Waals surface area (Å²) in [6.07, 6.45) is 4.77. The van der Waals surface area contributed by atoms with Crippen molar-refractivity contribution in [2.24, 2.45) is 0 Å². The standard InChI is InChI=1S/C19H27N3O2S/c1-4-21(5-2)12-16-20-18-17(14-8-6-7-9-15(14)25-18)19(24)22(16)11-10-13(3)23/h4-12H2,1-3H3. The van der Waals surface area contributed by atoms with Gasteiger partial charge in [0.2, 0.25) is 0 Å². The number of thiophene rings is 1. The molecule has 0 saturated heterocycles. The Labute approximate surface area is 152 Å². The molecule has 136 valence electrons. The quantitative estimate of drug-likeness (QED) is 0.760. The maximum Gasteiger partial charge on any atom is 0.262 e. The first-order chi connectivity index (χ1) is 12.0. The third-order valence-electron chi connectivity index (χ3n) is 5.10. The lowest BCUT2D eigenvalue weighted by Gasteiger charge is -2.20. The maximum absolute atomic E-state index is 13.3. The van der Waals surface area contributed by atoms with E-state index < -0.39 is 0 Å². The van der Waals surface area contributed by atoms with Crippen LogP contribution in [0, 0.1) is 0 Å². The number of aryl methyl sites for hydroxylation is 2. The summed E-state index contributed by atoms with van der Waals surface area (Å²) in [5.41, 5.74) is 1.27. The maximum atomic E-state index is 13.3. The molecule has 0 saturated carbocycles. The molecule has 0 aliphatic heterocycles.